The van der Waals surface area contributed by atoms with E-state index in [-0.39, 0.29) is 25.7 Å². The molecule has 0 saturated carbocycles. The van der Waals surface area contributed by atoms with E-state index in [9.17, 15) is 13.2 Å². The highest BCUT2D eigenvalue weighted by Crippen LogP contribution is 2.33. The van der Waals surface area contributed by atoms with Gasteiger partial charge in [0, 0.05) is 43.7 Å². The van der Waals surface area contributed by atoms with Crippen LogP contribution in [0.3, 0.4) is 0 Å². The standard InChI is InChI=1S/C21H21ClF3N9O/c22-17-4-27-18-1-16(13-2-28-32(5-13)15-7-35-8-15)30-19(34(17)18)14-3-29-33(6-14)20(9-26)10-31(11-20)12-21(23,24)25/h1-6,15H,7-12,26H2. The van der Waals surface area contributed by atoms with Crippen molar-refractivity contribution in [1.29, 1.82) is 0 Å². The number of ether oxygens (including phenoxy) is 1. The molecule has 2 N–H and O–H groups in total. The second kappa shape index (κ2) is 8.01. The monoisotopic (exact) mass is 507 g/mol. The van der Waals surface area contributed by atoms with Crippen LogP contribution >= 0.6 is 11.6 Å². The van der Waals surface area contributed by atoms with Gasteiger partial charge in [-0.1, -0.05) is 11.6 Å². The van der Waals surface area contributed by atoms with Crippen molar-refractivity contribution in [3.05, 3.63) is 42.2 Å². The van der Waals surface area contributed by atoms with E-state index in [1.54, 1.807) is 27.7 Å². The van der Waals surface area contributed by atoms with E-state index in [1.807, 2.05) is 16.9 Å². The van der Waals surface area contributed by atoms with Crippen LogP contribution in [0, 0.1) is 0 Å². The fourth-order valence-corrected chi connectivity index (χ4v) is 4.79. The van der Waals surface area contributed by atoms with Gasteiger partial charge in [-0.15, -0.1) is 0 Å². The fraction of sp³-hybridized carbons (Fsp3) is 0.429. The number of nitrogens with zero attached hydrogens (tertiary/aromatic N) is 8. The zero-order valence-electron chi connectivity index (χ0n) is 18.4. The molecule has 0 amide bonds. The molecule has 2 aliphatic rings. The first-order valence-corrected chi connectivity index (χ1v) is 11.3. The molecule has 6 heterocycles. The molecule has 4 aromatic rings. The topological polar surface area (TPSA) is 104 Å². The van der Waals surface area contributed by atoms with Crippen molar-refractivity contribution in [1.82, 2.24) is 38.8 Å². The van der Waals surface area contributed by atoms with E-state index < -0.39 is 18.3 Å². The first-order chi connectivity index (χ1) is 16.7. The Labute approximate surface area is 202 Å². The maximum absolute atomic E-state index is 12.8. The summed E-state index contributed by atoms with van der Waals surface area (Å²) in [4.78, 5) is 10.5. The lowest BCUT2D eigenvalue weighted by Crippen LogP contribution is -2.67. The number of likely N-dealkylation sites (tertiary alicyclic amines) is 1. The van der Waals surface area contributed by atoms with Crippen LogP contribution in [0.1, 0.15) is 6.04 Å². The molecule has 6 rings (SSSR count). The van der Waals surface area contributed by atoms with Gasteiger partial charge in [-0.25, -0.2) is 9.97 Å². The van der Waals surface area contributed by atoms with Gasteiger partial charge in [-0.3, -0.25) is 18.7 Å². The third-order valence-corrected chi connectivity index (χ3v) is 6.75. The number of rotatable bonds is 6. The maximum Gasteiger partial charge on any atom is 0.401 e. The number of aromatic nitrogens is 7. The zero-order chi connectivity index (χ0) is 24.4. The predicted octanol–water partition coefficient (Wildman–Crippen LogP) is 2.21. The number of imidazole rings is 1. The van der Waals surface area contributed by atoms with Crippen LogP contribution in [0.25, 0.3) is 28.3 Å². The summed E-state index contributed by atoms with van der Waals surface area (Å²) in [7, 11) is 0. The third kappa shape index (κ3) is 3.88. The molecule has 0 atom stereocenters. The lowest BCUT2D eigenvalue weighted by Gasteiger charge is -2.49. The van der Waals surface area contributed by atoms with Crippen LogP contribution in [0.4, 0.5) is 13.2 Å². The van der Waals surface area contributed by atoms with E-state index >= 15 is 0 Å². The Bertz CT molecular complexity index is 1380. The quantitative estimate of drug-likeness (QED) is 0.426. The number of halogens is 4. The molecule has 10 nitrogen and oxygen atoms in total. The van der Waals surface area contributed by atoms with Gasteiger partial charge in [-0.2, -0.15) is 23.4 Å². The van der Waals surface area contributed by atoms with Crippen molar-refractivity contribution >= 4 is 17.2 Å². The first kappa shape index (κ1) is 22.5. The molecule has 0 spiro atoms. The number of fused-ring (bicyclic) bond motifs is 1. The van der Waals surface area contributed by atoms with Crippen LogP contribution in [0.2, 0.25) is 5.15 Å². The fourth-order valence-electron chi connectivity index (χ4n) is 4.58. The lowest BCUT2D eigenvalue weighted by atomic mass is 9.90. The predicted molar refractivity (Wildman–Crippen MR) is 120 cm³/mol. The Hall–Kier alpha value is -3.00. The molecule has 0 unspecified atom stereocenters. The van der Waals surface area contributed by atoms with Crippen molar-refractivity contribution in [2.45, 2.75) is 17.8 Å². The maximum atomic E-state index is 12.8. The highest BCUT2D eigenvalue weighted by Gasteiger charge is 2.48. The Morgan fingerprint density at radius 3 is 2.57 bits per heavy atom. The zero-order valence-corrected chi connectivity index (χ0v) is 19.1. The molecule has 0 radical (unpaired) electrons. The van der Waals surface area contributed by atoms with Crippen LogP contribution in [-0.4, -0.2) is 84.4 Å². The average molecular weight is 508 g/mol. The van der Waals surface area contributed by atoms with Gasteiger partial charge >= 0.3 is 6.18 Å². The Morgan fingerprint density at radius 2 is 1.89 bits per heavy atom. The number of hydrogen-bond donors (Lipinski definition) is 1. The summed E-state index contributed by atoms with van der Waals surface area (Å²) in [6, 6.07) is 2.03. The van der Waals surface area contributed by atoms with E-state index in [2.05, 4.69) is 15.2 Å². The molecule has 0 bridgehead atoms. The van der Waals surface area contributed by atoms with Crippen molar-refractivity contribution in [3.63, 3.8) is 0 Å². The summed E-state index contributed by atoms with van der Waals surface area (Å²) in [6.45, 7) is 0.736. The summed E-state index contributed by atoms with van der Waals surface area (Å²) in [5.74, 6) is 0.504. The van der Waals surface area contributed by atoms with Gasteiger partial charge in [0.2, 0.25) is 0 Å². The van der Waals surface area contributed by atoms with Crippen LogP contribution in [-0.2, 0) is 10.3 Å². The molecule has 14 heteroatoms. The van der Waals surface area contributed by atoms with E-state index in [4.69, 9.17) is 27.1 Å². The van der Waals surface area contributed by atoms with Gasteiger partial charge in [0.15, 0.2) is 5.82 Å². The lowest BCUT2D eigenvalue weighted by molar-refractivity contribution is -0.167. The third-order valence-electron chi connectivity index (χ3n) is 6.49. The highest BCUT2D eigenvalue weighted by atomic mass is 35.5. The summed E-state index contributed by atoms with van der Waals surface area (Å²) in [5, 5.41) is 9.24. The number of alkyl halides is 3. The Morgan fingerprint density at radius 1 is 1.11 bits per heavy atom. The molecule has 2 aliphatic heterocycles. The van der Waals surface area contributed by atoms with Gasteiger partial charge in [0.1, 0.15) is 16.3 Å². The highest BCUT2D eigenvalue weighted by molar-refractivity contribution is 6.30. The summed E-state index contributed by atoms with van der Waals surface area (Å²) >= 11 is 6.41. The van der Waals surface area contributed by atoms with Crippen molar-refractivity contribution in [2.24, 2.45) is 5.73 Å². The van der Waals surface area contributed by atoms with Crippen LogP contribution in [0.5, 0.6) is 0 Å². The smallest absolute Gasteiger partial charge is 0.377 e. The molecule has 2 fully saturated rings. The molecule has 184 valence electrons. The largest absolute Gasteiger partial charge is 0.401 e. The van der Waals surface area contributed by atoms with Crippen LogP contribution in [0.15, 0.2) is 37.1 Å². The number of hydrogen-bond acceptors (Lipinski definition) is 7. The minimum Gasteiger partial charge on any atom is -0.377 e. The molecule has 4 aromatic heterocycles. The Kier molecular flexibility index (Phi) is 5.14. The molecule has 0 aliphatic carbocycles. The van der Waals surface area contributed by atoms with Gasteiger partial charge in [0.25, 0.3) is 0 Å². The van der Waals surface area contributed by atoms with E-state index in [0.717, 1.165) is 5.56 Å². The second-order valence-corrected chi connectivity index (χ2v) is 9.39. The summed E-state index contributed by atoms with van der Waals surface area (Å²) < 4.78 is 48.8. The average Bonchev–Trinajstić information content (AvgIpc) is 3.48. The van der Waals surface area contributed by atoms with Crippen molar-refractivity contribution < 1.29 is 17.9 Å². The van der Waals surface area contributed by atoms with Crippen molar-refractivity contribution in [3.8, 4) is 22.6 Å². The Balaban J connectivity index is 1.35. The summed E-state index contributed by atoms with van der Waals surface area (Å²) in [5.41, 5.74) is 7.96. The van der Waals surface area contributed by atoms with E-state index in [0.29, 0.717) is 41.1 Å². The number of nitrogens with two attached hydrogens (primary N) is 1. The molecule has 2 saturated heterocycles. The van der Waals surface area contributed by atoms with Crippen LogP contribution < -0.4 is 5.73 Å². The van der Waals surface area contributed by atoms with Gasteiger partial charge < -0.3 is 10.5 Å². The summed E-state index contributed by atoms with van der Waals surface area (Å²) in [6.07, 6.45) is 4.28. The normalized spacial score (nSPS) is 18.7. The van der Waals surface area contributed by atoms with Gasteiger partial charge in [0.05, 0.1) is 55.6 Å². The first-order valence-electron chi connectivity index (χ1n) is 11.0. The second-order valence-electron chi connectivity index (χ2n) is 9.00. The minimum atomic E-state index is -4.26. The van der Waals surface area contributed by atoms with Crippen molar-refractivity contribution in [2.75, 3.05) is 39.4 Å². The molecule has 35 heavy (non-hydrogen) atoms. The molecular weight excluding hydrogens is 487 g/mol. The SMILES string of the molecule is NCC1(n2cc(-c3nc(-c4cnn(C5COC5)c4)cc4ncc(Cl)n34)cn2)CN(CC(F)(F)F)C1. The van der Waals surface area contributed by atoms with E-state index in [1.165, 1.54) is 11.1 Å². The van der Waals surface area contributed by atoms with Gasteiger partial charge in [-0.05, 0) is 0 Å². The molecular formula is C21H21ClF3N9O. The minimum absolute atomic E-state index is 0.154. The molecule has 0 aromatic carbocycles.